The van der Waals surface area contributed by atoms with Crippen LogP contribution in [-0.4, -0.2) is 0 Å². The zero-order valence-corrected chi connectivity index (χ0v) is 14.1. The van der Waals surface area contributed by atoms with Gasteiger partial charge in [0.05, 0.1) is 0 Å². The fraction of sp³-hybridized carbons (Fsp3) is 0.636. The number of halogens is 2. The van der Waals surface area contributed by atoms with Gasteiger partial charge in [-0.3, -0.25) is 0 Å². The van der Waals surface area contributed by atoms with Gasteiger partial charge < -0.3 is 0 Å². The van der Waals surface area contributed by atoms with Crippen molar-refractivity contribution in [3.8, 4) is 0 Å². The van der Waals surface area contributed by atoms with Crippen LogP contribution in [-0.2, 0) is 17.3 Å². The second-order valence-corrected chi connectivity index (χ2v) is 42.5. The second-order valence-electron chi connectivity index (χ2n) is 8.40. The Hall–Kier alpha value is 0.943. The van der Waals surface area contributed by atoms with Crippen molar-refractivity contribution in [2.45, 2.75) is 33.7 Å². The summed E-state index contributed by atoms with van der Waals surface area (Å²) in [7, 11) is 0. The quantitative estimate of drug-likeness (QED) is 0.621. The molecule has 0 bridgehead atoms. The molecule has 0 aliphatic heterocycles. The van der Waals surface area contributed by atoms with E-state index in [1.165, 1.54) is 10.5 Å². The van der Waals surface area contributed by atoms with Crippen molar-refractivity contribution in [2.75, 3.05) is 0 Å². The van der Waals surface area contributed by atoms with Crippen LogP contribution in [0.15, 0.2) is 23.8 Å². The molecule has 14 heavy (non-hydrogen) atoms. The summed E-state index contributed by atoms with van der Waals surface area (Å²) in [6, 6.07) is 0. The van der Waals surface area contributed by atoms with Gasteiger partial charge in [-0.2, -0.15) is 0 Å². The molecule has 0 aromatic carbocycles. The Bertz CT molecular complexity index is 253. The van der Waals surface area contributed by atoms with Crippen molar-refractivity contribution >= 4 is 24.8 Å². The van der Waals surface area contributed by atoms with Gasteiger partial charge in [-0.25, -0.2) is 0 Å². The Morgan fingerprint density at radius 1 is 1.07 bits per heavy atom. The molecule has 0 saturated carbocycles. The van der Waals surface area contributed by atoms with Gasteiger partial charge >= 0.3 is 74.8 Å². The third-order valence-corrected chi connectivity index (χ3v) is 7.42. The molecule has 1 aliphatic rings. The van der Waals surface area contributed by atoms with Crippen LogP contribution in [0.5, 0.6) is 0 Å². The molecule has 0 nitrogen and oxygen atoms in total. The van der Waals surface area contributed by atoms with E-state index in [2.05, 4.69) is 41.4 Å². The maximum absolute atomic E-state index is 2.67. The monoisotopic (exact) mass is 316 g/mol. The molecule has 0 saturated heterocycles. The van der Waals surface area contributed by atoms with Crippen molar-refractivity contribution in [3.05, 3.63) is 23.8 Å². The third-order valence-electron chi connectivity index (χ3n) is 1.96. The third kappa shape index (κ3) is 8.27. The summed E-state index contributed by atoms with van der Waals surface area (Å²) in [5, 5.41) is 0. The van der Waals surface area contributed by atoms with E-state index in [1.807, 2.05) is 0 Å². The van der Waals surface area contributed by atoms with Crippen molar-refractivity contribution < 1.29 is 17.3 Å². The second kappa shape index (κ2) is 4.07. The maximum atomic E-state index is 2.53. The number of allylic oxidation sites excluding steroid dienone is 4. The molecule has 0 aromatic heterocycles. The summed E-state index contributed by atoms with van der Waals surface area (Å²) >= 11 is -2.67. The molecule has 0 heterocycles. The molecule has 0 aromatic rings. The fourth-order valence-electron chi connectivity index (χ4n) is 1.76. The first kappa shape index (κ1) is 17.3. The summed E-state index contributed by atoms with van der Waals surface area (Å²) in [4.78, 5) is 0. The molecule has 0 N–H and O–H groups in total. The Balaban J connectivity index is 0. The summed E-state index contributed by atoms with van der Waals surface area (Å²) in [6.07, 6.45) is 7.96. The zero-order chi connectivity index (χ0) is 9.52. The van der Waals surface area contributed by atoms with E-state index in [0.29, 0.717) is 0 Å². The summed E-state index contributed by atoms with van der Waals surface area (Å²) in [5.74, 6) is 0. The first-order valence-corrected chi connectivity index (χ1v) is 19.0. The van der Waals surface area contributed by atoms with Crippen LogP contribution in [0.1, 0.15) is 6.42 Å². The predicted octanol–water partition coefficient (Wildman–Crippen LogP) is 5.60. The van der Waals surface area contributed by atoms with E-state index < -0.39 is 17.3 Å². The summed E-state index contributed by atoms with van der Waals surface area (Å²) in [5.41, 5.74) is 1.64. The van der Waals surface area contributed by atoms with E-state index in [1.54, 1.807) is 5.57 Å². The zero-order valence-electron chi connectivity index (χ0n) is 9.96. The van der Waals surface area contributed by atoms with E-state index >= 15 is 0 Å². The van der Waals surface area contributed by atoms with Crippen LogP contribution in [0.3, 0.4) is 0 Å². The molecular weight excluding hydrogens is 294 g/mol. The predicted molar refractivity (Wildman–Crippen MR) is 70.5 cm³/mol. The van der Waals surface area contributed by atoms with Crippen LogP contribution >= 0.6 is 24.8 Å². The van der Waals surface area contributed by atoms with E-state index in [0.717, 1.165) is 0 Å². The molecule has 1 aliphatic carbocycles. The summed E-state index contributed by atoms with van der Waals surface area (Å²) in [6.45, 7) is 0. The van der Waals surface area contributed by atoms with Gasteiger partial charge in [0.2, 0.25) is 0 Å². The van der Waals surface area contributed by atoms with Crippen molar-refractivity contribution in [1.29, 1.82) is 0 Å². The fourth-order valence-corrected chi connectivity index (χ4v) is 7.98. The first-order chi connectivity index (χ1) is 5.05. The van der Waals surface area contributed by atoms with E-state index in [9.17, 15) is 0 Å². The van der Waals surface area contributed by atoms with Gasteiger partial charge in [-0.15, -0.1) is 24.8 Å². The van der Waals surface area contributed by atoms with Gasteiger partial charge in [0.25, 0.3) is 0 Å². The average molecular weight is 318 g/mol. The molecule has 0 atom stereocenters. The average Bonchev–Trinajstić information content (AvgIpc) is 2.07. The Morgan fingerprint density at radius 3 is 1.86 bits per heavy atom. The van der Waals surface area contributed by atoms with Crippen LogP contribution in [0.25, 0.3) is 0 Å². The van der Waals surface area contributed by atoms with Gasteiger partial charge in [0.15, 0.2) is 0 Å². The molecule has 0 unspecified atom stereocenters. The van der Waals surface area contributed by atoms with Crippen LogP contribution in [0.4, 0.5) is 0 Å². The van der Waals surface area contributed by atoms with Gasteiger partial charge in [0, 0.05) is 0 Å². The Kier molecular flexibility index (Phi) is 5.05. The molecule has 1 rings (SSSR count). The molecule has 0 radical (unpaired) electrons. The minimum atomic E-state index is -2.67. The normalized spacial score (nSPS) is 19.9. The van der Waals surface area contributed by atoms with Crippen LogP contribution in [0.2, 0.25) is 27.3 Å². The molecular formula is C11H24Cl2Zr. The van der Waals surface area contributed by atoms with Crippen LogP contribution in [0, 0.1) is 0 Å². The topological polar surface area (TPSA) is 0 Å². The molecule has 0 fully saturated rings. The molecule has 0 spiro atoms. The Labute approximate surface area is 98.9 Å². The number of rotatable bonds is 2. The van der Waals surface area contributed by atoms with Gasteiger partial charge in [-0.05, 0) is 0 Å². The van der Waals surface area contributed by atoms with Crippen LogP contribution < -0.4 is 0 Å². The Morgan fingerprint density at radius 2 is 1.57 bits per heavy atom. The van der Waals surface area contributed by atoms with Gasteiger partial charge in [-0.1, -0.05) is 0 Å². The number of hydrogen-bond acceptors (Lipinski definition) is 0. The minimum absolute atomic E-state index is 0. The molecule has 3 heteroatoms. The van der Waals surface area contributed by atoms with Crippen molar-refractivity contribution in [2.24, 2.45) is 0 Å². The summed E-state index contributed by atoms with van der Waals surface area (Å²) < 4.78 is 14.0. The van der Waals surface area contributed by atoms with Gasteiger partial charge in [0.1, 0.15) is 0 Å². The van der Waals surface area contributed by atoms with Crippen molar-refractivity contribution in [3.63, 3.8) is 0 Å². The van der Waals surface area contributed by atoms with E-state index in [-0.39, 0.29) is 24.8 Å². The molecule has 0 amide bonds. The number of hydrogen-bond donors (Lipinski definition) is 0. The first-order valence-electron chi connectivity index (χ1n) is 4.92. The van der Waals surface area contributed by atoms with Crippen molar-refractivity contribution in [1.82, 2.24) is 0 Å². The SMILES string of the molecule is Cl.Cl.[CH3][Zr]([CH3])([CH3])([CH3])([CH3])[CH2]C1=CC=CC1. The molecule has 86 valence electrons. The standard InChI is InChI=1S/C6H7.5CH3.2ClH.Zr/c1-6-4-2-3-5-6;;;;;;;;/h2-4H,1,5H2;5*1H3;2*1H;. The van der Waals surface area contributed by atoms with E-state index in [4.69, 9.17) is 0 Å².